The molecule has 8 nitrogen and oxygen atoms in total. The third-order valence-corrected chi connectivity index (χ3v) is 6.14. The molecule has 10 heteroatoms. The third-order valence-electron chi connectivity index (χ3n) is 5.42. The zero-order valence-electron chi connectivity index (χ0n) is 17.3. The molecule has 0 aliphatic carbocycles. The molecule has 3 aromatic heterocycles. The highest BCUT2D eigenvalue weighted by atomic mass is 35.5. The van der Waals surface area contributed by atoms with Crippen molar-refractivity contribution in [2.24, 2.45) is 0 Å². The minimum absolute atomic E-state index is 0.113. The second-order valence-corrected chi connectivity index (χ2v) is 8.33. The maximum absolute atomic E-state index is 9.34. The van der Waals surface area contributed by atoms with Crippen LogP contribution in [-0.2, 0) is 6.54 Å². The molecule has 3 N–H and O–H groups in total. The quantitative estimate of drug-likeness (QED) is 0.377. The Balaban J connectivity index is 1.49. The average Bonchev–Trinajstić information content (AvgIpc) is 3.42. The minimum Gasteiger partial charge on any atom is -0.368 e. The highest BCUT2D eigenvalue weighted by Gasteiger charge is 2.14. The Morgan fingerprint density at radius 1 is 1.09 bits per heavy atom. The molecule has 162 valence electrons. The van der Waals surface area contributed by atoms with Crippen molar-refractivity contribution in [3.05, 3.63) is 75.5 Å². The van der Waals surface area contributed by atoms with Crippen LogP contribution in [0.25, 0.3) is 33.5 Å². The number of hydrogen-bond donors (Lipinski definition) is 2. The van der Waals surface area contributed by atoms with Crippen LogP contribution in [-0.4, -0.2) is 29.9 Å². The first-order chi connectivity index (χ1) is 15.9. The van der Waals surface area contributed by atoms with E-state index >= 15 is 0 Å². The highest BCUT2D eigenvalue weighted by Crippen LogP contribution is 2.30. The first-order valence-electron chi connectivity index (χ1n) is 9.93. The summed E-state index contributed by atoms with van der Waals surface area (Å²) < 4.78 is 1.71. The van der Waals surface area contributed by atoms with Crippen molar-refractivity contribution >= 4 is 40.1 Å². The number of fused-ring (bicyclic) bond motifs is 1. The van der Waals surface area contributed by atoms with Crippen molar-refractivity contribution in [1.29, 1.82) is 5.26 Å². The van der Waals surface area contributed by atoms with Gasteiger partial charge < -0.3 is 10.7 Å². The van der Waals surface area contributed by atoms with Gasteiger partial charge in [0.2, 0.25) is 5.95 Å². The van der Waals surface area contributed by atoms with Gasteiger partial charge in [-0.2, -0.15) is 5.26 Å². The third kappa shape index (κ3) is 3.89. The van der Waals surface area contributed by atoms with E-state index in [0.717, 1.165) is 27.6 Å². The molecular weight excluding hydrogens is 459 g/mol. The molecule has 0 bridgehead atoms. The fourth-order valence-corrected chi connectivity index (χ4v) is 4.07. The van der Waals surface area contributed by atoms with E-state index in [2.05, 4.69) is 31.3 Å². The lowest BCUT2D eigenvalue weighted by molar-refractivity contribution is 0.652. The number of anilines is 1. The van der Waals surface area contributed by atoms with Gasteiger partial charge in [0.05, 0.1) is 45.8 Å². The molecule has 0 spiro atoms. The van der Waals surface area contributed by atoms with Crippen LogP contribution in [0.1, 0.15) is 16.7 Å². The SMILES string of the molecule is Cc1c(C#N)cccc1-c1cc(-c2cn(Cc3c[nH]c4cc(Cl)c(Cl)cc34)nn2)nc(N)n1. The topological polar surface area (TPSA) is 122 Å². The maximum atomic E-state index is 9.34. The number of nitrogens with two attached hydrogens (primary N) is 1. The van der Waals surface area contributed by atoms with Gasteiger partial charge in [0.1, 0.15) is 5.69 Å². The average molecular weight is 475 g/mol. The van der Waals surface area contributed by atoms with E-state index in [1.165, 1.54) is 0 Å². The summed E-state index contributed by atoms with van der Waals surface area (Å²) in [6.45, 7) is 2.35. The van der Waals surface area contributed by atoms with Crippen molar-refractivity contribution in [2.75, 3.05) is 5.73 Å². The Morgan fingerprint density at radius 3 is 2.70 bits per heavy atom. The van der Waals surface area contributed by atoms with Crippen LogP contribution in [0.5, 0.6) is 0 Å². The largest absolute Gasteiger partial charge is 0.368 e. The Labute approximate surface area is 198 Å². The van der Waals surface area contributed by atoms with Gasteiger partial charge in [0.15, 0.2) is 0 Å². The van der Waals surface area contributed by atoms with Crippen molar-refractivity contribution in [3.63, 3.8) is 0 Å². The summed E-state index contributed by atoms with van der Waals surface area (Å²) in [6.07, 6.45) is 3.69. The van der Waals surface area contributed by atoms with E-state index in [1.807, 2.05) is 31.3 Å². The first-order valence-corrected chi connectivity index (χ1v) is 10.7. The van der Waals surface area contributed by atoms with Crippen LogP contribution in [0.3, 0.4) is 0 Å². The zero-order chi connectivity index (χ0) is 23.1. The highest BCUT2D eigenvalue weighted by molar-refractivity contribution is 6.42. The Kier molecular flexibility index (Phi) is 5.21. The van der Waals surface area contributed by atoms with Gasteiger partial charge in [-0.25, -0.2) is 14.6 Å². The van der Waals surface area contributed by atoms with Crippen LogP contribution >= 0.6 is 23.2 Å². The maximum Gasteiger partial charge on any atom is 0.221 e. The molecule has 5 rings (SSSR count). The van der Waals surface area contributed by atoms with Crippen molar-refractivity contribution in [1.82, 2.24) is 29.9 Å². The molecule has 0 radical (unpaired) electrons. The van der Waals surface area contributed by atoms with E-state index in [9.17, 15) is 5.26 Å². The molecule has 0 saturated heterocycles. The van der Waals surface area contributed by atoms with Gasteiger partial charge in [-0.3, -0.25) is 0 Å². The van der Waals surface area contributed by atoms with Gasteiger partial charge >= 0.3 is 0 Å². The van der Waals surface area contributed by atoms with Crippen LogP contribution < -0.4 is 5.73 Å². The molecule has 0 unspecified atom stereocenters. The molecule has 2 aromatic carbocycles. The Bertz CT molecular complexity index is 1560. The molecule has 0 amide bonds. The molecule has 3 heterocycles. The first kappa shape index (κ1) is 20.9. The van der Waals surface area contributed by atoms with Crippen molar-refractivity contribution in [3.8, 4) is 28.7 Å². The molecule has 5 aromatic rings. The zero-order valence-corrected chi connectivity index (χ0v) is 18.9. The predicted molar refractivity (Wildman–Crippen MR) is 128 cm³/mol. The number of benzene rings is 2. The number of nitriles is 1. The summed E-state index contributed by atoms with van der Waals surface area (Å²) in [5.41, 5.74) is 11.8. The summed E-state index contributed by atoms with van der Waals surface area (Å²) in [5, 5.41) is 19.8. The fraction of sp³-hybridized carbons (Fsp3) is 0.0870. The minimum atomic E-state index is 0.113. The van der Waals surface area contributed by atoms with Gasteiger partial charge in [0.25, 0.3) is 0 Å². The van der Waals surface area contributed by atoms with Crippen LogP contribution in [0, 0.1) is 18.3 Å². The Hall–Kier alpha value is -3.93. The van der Waals surface area contributed by atoms with Gasteiger partial charge in [-0.05, 0) is 42.3 Å². The number of aromatic amines is 1. The molecular formula is C23H16Cl2N8. The van der Waals surface area contributed by atoms with Crippen LogP contribution in [0.2, 0.25) is 10.0 Å². The van der Waals surface area contributed by atoms with Gasteiger partial charge in [-0.1, -0.05) is 40.5 Å². The predicted octanol–water partition coefficient (Wildman–Crippen LogP) is 5.00. The number of nitrogen functional groups attached to an aromatic ring is 1. The summed E-state index contributed by atoms with van der Waals surface area (Å²) in [6, 6.07) is 13.1. The van der Waals surface area contributed by atoms with Crippen molar-refractivity contribution in [2.45, 2.75) is 13.5 Å². The Morgan fingerprint density at radius 2 is 1.88 bits per heavy atom. The lowest BCUT2D eigenvalue weighted by Crippen LogP contribution is -2.00. The standard InChI is InChI=1S/C23H16Cl2N8/c1-12-13(8-26)3-2-4-15(12)20-7-21(30-23(27)29-20)22-11-33(32-31-22)10-14-9-28-19-6-18(25)17(24)5-16(14)19/h2-7,9,11,28H,10H2,1H3,(H2,27,29,30). The monoisotopic (exact) mass is 474 g/mol. The van der Waals surface area contributed by atoms with E-state index in [-0.39, 0.29) is 5.95 Å². The van der Waals surface area contributed by atoms with Crippen LogP contribution in [0.15, 0.2) is 48.8 Å². The molecule has 0 saturated carbocycles. The van der Waals surface area contributed by atoms with E-state index in [0.29, 0.717) is 39.2 Å². The lowest BCUT2D eigenvalue weighted by atomic mass is 10.00. The molecule has 33 heavy (non-hydrogen) atoms. The number of nitrogens with zero attached hydrogens (tertiary/aromatic N) is 6. The summed E-state index contributed by atoms with van der Waals surface area (Å²) in [7, 11) is 0. The van der Waals surface area contributed by atoms with Gasteiger partial charge in [0, 0.05) is 22.7 Å². The second-order valence-electron chi connectivity index (χ2n) is 7.51. The van der Waals surface area contributed by atoms with E-state index in [1.54, 1.807) is 29.1 Å². The molecule has 0 aliphatic heterocycles. The number of H-pyrrole nitrogens is 1. The van der Waals surface area contributed by atoms with Crippen molar-refractivity contribution < 1.29 is 0 Å². The normalized spacial score (nSPS) is 11.1. The number of nitrogens with one attached hydrogen (secondary N) is 1. The fourth-order valence-electron chi connectivity index (χ4n) is 3.74. The summed E-state index contributed by atoms with van der Waals surface area (Å²) in [5.74, 6) is 0.113. The number of halogens is 2. The number of aromatic nitrogens is 6. The molecule has 0 fully saturated rings. The smallest absolute Gasteiger partial charge is 0.221 e. The number of rotatable bonds is 4. The second kappa shape index (κ2) is 8.20. The van der Waals surface area contributed by atoms with E-state index in [4.69, 9.17) is 28.9 Å². The number of hydrogen-bond acceptors (Lipinski definition) is 6. The lowest BCUT2D eigenvalue weighted by Gasteiger charge is -2.08. The summed E-state index contributed by atoms with van der Waals surface area (Å²) in [4.78, 5) is 11.9. The summed E-state index contributed by atoms with van der Waals surface area (Å²) >= 11 is 12.3. The van der Waals surface area contributed by atoms with Crippen LogP contribution in [0.4, 0.5) is 5.95 Å². The molecule has 0 atom stereocenters. The van der Waals surface area contributed by atoms with E-state index < -0.39 is 0 Å². The van der Waals surface area contributed by atoms with Gasteiger partial charge in [-0.15, -0.1) is 5.10 Å². The molecule has 0 aliphatic rings.